The average Bonchev–Trinajstić information content (AvgIpc) is 3.58. The van der Waals surface area contributed by atoms with Gasteiger partial charge < -0.3 is 25.2 Å². The van der Waals surface area contributed by atoms with E-state index in [-0.39, 0.29) is 24.2 Å². The van der Waals surface area contributed by atoms with E-state index >= 15 is 0 Å². The largest absolute Gasteiger partial charge is 0.390 e. The molecule has 1 unspecified atom stereocenters. The van der Waals surface area contributed by atoms with Gasteiger partial charge in [-0.3, -0.25) is 9.59 Å². The molecule has 7 nitrogen and oxygen atoms in total. The molecule has 0 bridgehead atoms. The van der Waals surface area contributed by atoms with E-state index in [1.54, 1.807) is 37.4 Å². The summed E-state index contributed by atoms with van der Waals surface area (Å²) >= 11 is 0. The van der Waals surface area contributed by atoms with Crippen LogP contribution in [0.4, 0.5) is 10.1 Å². The second-order valence-corrected chi connectivity index (χ2v) is 9.88. The number of aromatic amines is 1. The summed E-state index contributed by atoms with van der Waals surface area (Å²) in [7, 11) is 1.68. The number of β-amino-alcohol motifs (C(OH)–C–C–N with tert-alkyl or cyclic N) is 1. The fourth-order valence-corrected chi connectivity index (χ4v) is 5.25. The van der Waals surface area contributed by atoms with E-state index in [0.717, 1.165) is 37.2 Å². The van der Waals surface area contributed by atoms with Crippen molar-refractivity contribution in [1.82, 2.24) is 14.8 Å². The summed E-state index contributed by atoms with van der Waals surface area (Å²) in [5, 5.41) is 13.4. The molecule has 0 saturated carbocycles. The average molecular weight is 503 g/mol. The topological polar surface area (TPSA) is 88.7 Å². The fourth-order valence-electron chi connectivity index (χ4n) is 5.25. The van der Waals surface area contributed by atoms with E-state index in [1.807, 2.05) is 19.1 Å². The maximum absolute atomic E-state index is 14.0. The lowest BCUT2D eigenvalue weighted by molar-refractivity contribution is -0.110. The van der Waals surface area contributed by atoms with Crippen LogP contribution in [-0.4, -0.2) is 71.0 Å². The Morgan fingerprint density at radius 3 is 2.70 bits per heavy atom. The normalized spacial score (nSPS) is 17.2. The van der Waals surface area contributed by atoms with Gasteiger partial charge in [0.2, 0.25) is 0 Å². The summed E-state index contributed by atoms with van der Waals surface area (Å²) in [6.07, 6.45) is 3.31. The molecule has 0 aliphatic carbocycles. The monoisotopic (exact) mass is 502 g/mol. The zero-order valence-corrected chi connectivity index (χ0v) is 21.1. The molecule has 1 fully saturated rings. The van der Waals surface area contributed by atoms with E-state index in [2.05, 4.69) is 15.2 Å². The molecular weight excluding hydrogens is 471 g/mol. The Kier molecular flexibility index (Phi) is 6.95. The number of amides is 2. The van der Waals surface area contributed by atoms with Gasteiger partial charge in [0.1, 0.15) is 5.82 Å². The van der Waals surface area contributed by atoms with Crippen LogP contribution < -0.4 is 5.32 Å². The van der Waals surface area contributed by atoms with Gasteiger partial charge in [-0.1, -0.05) is 24.3 Å². The predicted molar refractivity (Wildman–Crippen MR) is 143 cm³/mol. The van der Waals surface area contributed by atoms with E-state index in [0.29, 0.717) is 40.2 Å². The molecule has 2 amide bonds. The zero-order chi connectivity index (χ0) is 26.1. The number of aliphatic hydroxyl groups is 1. The minimum absolute atomic E-state index is 0.211. The first-order valence-corrected chi connectivity index (χ1v) is 12.6. The fraction of sp³-hybridized carbons (Fsp3) is 0.310. The van der Waals surface area contributed by atoms with Crippen LogP contribution in [0.3, 0.4) is 0 Å². The van der Waals surface area contributed by atoms with Crippen LogP contribution in [0, 0.1) is 12.7 Å². The lowest BCUT2D eigenvalue weighted by Crippen LogP contribution is -2.40. The van der Waals surface area contributed by atoms with Crippen molar-refractivity contribution in [3.63, 3.8) is 0 Å². The molecule has 192 valence electrons. The maximum Gasteiger partial charge on any atom is 0.256 e. The number of hydrogen-bond acceptors (Lipinski definition) is 4. The lowest BCUT2D eigenvalue weighted by atomic mass is 9.94. The first-order valence-electron chi connectivity index (χ1n) is 12.6. The number of nitrogens with zero attached hydrogens (tertiary/aromatic N) is 2. The zero-order valence-electron chi connectivity index (χ0n) is 21.1. The molecular formula is C29H31FN4O3. The predicted octanol–water partition coefficient (Wildman–Crippen LogP) is 4.15. The molecule has 37 heavy (non-hydrogen) atoms. The van der Waals surface area contributed by atoms with Gasteiger partial charge >= 0.3 is 0 Å². The number of likely N-dealkylation sites (N-methyl/N-ethyl adjacent to an activating group) is 1. The van der Waals surface area contributed by atoms with Gasteiger partial charge in [0.25, 0.3) is 11.8 Å². The van der Waals surface area contributed by atoms with Crippen LogP contribution in [0.25, 0.3) is 22.8 Å². The summed E-state index contributed by atoms with van der Waals surface area (Å²) in [5.74, 6) is -0.895. The first-order chi connectivity index (χ1) is 17.8. The number of hydrogen-bond donors (Lipinski definition) is 3. The van der Waals surface area contributed by atoms with E-state index < -0.39 is 6.10 Å². The number of aliphatic hydroxyl groups excluding tert-OH is 1. The minimum Gasteiger partial charge on any atom is -0.390 e. The molecule has 2 aliphatic rings. The third-order valence-corrected chi connectivity index (χ3v) is 6.96. The number of fused-ring (bicyclic) bond motifs is 1. The van der Waals surface area contributed by atoms with Crippen LogP contribution in [0.1, 0.15) is 40.2 Å². The highest BCUT2D eigenvalue weighted by Crippen LogP contribution is 2.40. The number of H-pyrrole nitrogens is 1. The molecule has 3 N–H and O–H groups in total. The second kappa shape index (κ2) is 10.3. The van der Waals surface area contributed by atoms with Gasteiger partial charge in [0.05, 0.1) is 22.9 Å². The highest BCUT2D eigenvalue weighted by atomic mass is 19.1. The number of carbonyl (C=O) groups is 2. The number of halogens is 1. The highest BCUT2D eigenvalue weighted by Gasteiger charge is 2.29. The van der Waals surface area contributed by atoms with Crippen LogP contribution >= 0.6 is 0 Å². The molecule has 0 radical (unpaired) electrons. The number of anilines is 1. The van der Waals surface area contributed by atoms with Crippen LogP contribution in [0.5, 0.6) is 0 Å². The molecule has 1 atom stereocenters. The third-order valence-electron chi connectivity index (χ3n) is 6.96. The van der Waals surface area contributed by atoms with Crippen molar-refractivity contribution in [3.8, 4) is 11.1 Å². The van der Waals surface area contributed by atoms with Crippen molar-refractivity contribution in [2.75, 3.05) is 38.5 Å². The van der Waals surface area contributed by atoms with E-state index in [4.69, 9.17) is 0 Å². The van der Waals surface area contributed by atoms with Gasteiger partial charge in [0.15, 0.2) is 0 Å². The second-order valence-electron chi connectivity index (χ2n) is 9.88. The van der Waals surface area contributed by atoms with Gasteiger partial charge in [-0.05, 0) is 74.3 Å². The van der Waals surface area contributed by atoms with Crippen LogP contribution in [-0.2, 0) is 4.79 Å². The number of aromatic nitrogens is 1. The Bertz CT molecular complexity index is 1370. The summed E-state index contributed by atoms with van der Waals surface area (Å²) < 4.78 is 14.0. The van der Waals surface area contributed by atoms with Crippen molar-refractivity contribution in [1.29, 1.82) is 0 Å². The smallest absolute Gasteiger partial charge is 0.256 e. The number of aryl methyl sites for hydroxylation is 1. The molecule has 1 aromatic heterocycles. The molecule has 2 aliphatic heterocycles. The Balaban J connectivity index is 1.45. The van der Waals surface area contributed by atoms with E-state index in [1.165, 1.54) is 17.0 Å². The van der Waals surface area contributed by atoms with Gasteiger partial charge in [-0.25, -0.2) is 4.39 Å². The first kappa shape index (κ1) is 24.9. The van der Waals surface area contributed by atoms with Crippen LogP contribution in [0.2, 0.25) is 0 Å². The Hall–Kier alpha value is -3.75. The van der Waals surface area contributed by atoms with Crippen molar-refractivity contribution >= 4 is 29.2 Å². The number of carbonyl (C=O) groups excluding carboxylic acids is 2. The van der Waals surface area contributed by atoms with Crippen molar-refractivity contribution < 1.29 is 19.1 Å². The van der Waals surface area contributed by atoms with Crippen molar-refractivity contribution in [2.45, 2.75) is 25.9 Å². The number of nitrogens with one attached hydrogen (secondary N) is 2. The Morgan fingerprint density at radius 2 is 1.95 bits per heavy atom. The molecule has 1 saturated heterocycles. The van der Waals surface area contributed by atoms with Gasteiger partial charge in [-0.2, -0.15) is 0 Å². The standard InChI is InChI=1S/C29H31FN4O3/c1-18-13-23(29(37)33(2)16-21(35)17-34-11-3-4-12-34)26(31-18)15-24-27-22(19-7-5-8-20(30)14-19)9-6-10-25(27)32-28(24)36/h5-10,13-15,21,31,35H,3-4,11-12,16-17H2,1-2H3,(H,32,36). The minimum atomic E-state index is -0.643. The highest BCUT2D eigenvalue weighted by molar-refractivity contribution is 6.36. The molecule has 8 heteroatoms. The number of likely N-dealkylation sites (tertiary alicyclic amines) is 1. The Labute approximate surface area is 215 Å². The Morgan fingerprint density at radius 1 is 1.19 bits per heavy atom. The lowest BCUT2D eigenvalue weighted by Gasteiger charge is -2.24. The molecule has 3 aromatic rings. The SMILES string of the molecule is Cc1cc(C(=O)N(C)CC(O)CN2CCCC2)c(C=C2C(=O)Nc3cccc(-c4cccc(F)c4)c32)[nH]1. The number of benzene rings is 2. The number of rotatable bonds is 7. The summed E-state index contributed by atoms with van der Waals surface area (Å²) in [6, 6.07) is 13.5. The van der Waals surface area contributed by atoms with Crippen LogP contribution in [0.15, 0.2) is 48.5 Å². The quantitative estimate of drug-likeness (QED) is 0.424. The molecule has 3 heterocycles. The van der Waals surface area contributed by atoms with Crippen molar-refractivity contribution in [2.24, 2.45) is 0 Å². The van der Waals surface area contributed by atoms with Gasteiger partial charge in [-0.15, -0.1) is 0 Å². The summed E-state index contributed by atoms with van der Waals surface area (Å²) in [6.45, 7) is 4.56. The summed E-state index contributed by atoms with van der Waals surface area (Å²) in [5.41, 5.74) is 4.78. The maximum atomic E-state index is 14.0. The molecule has 5 rings (SSSR count). The molecule has 2 aromatic carbocycles. The van der Waals surface area contributed by atoms with Crippen molar-refractivity contribution in [3.05, 3.63) is 76.9 Å². The van der Waals surface area contributed by atoms with E-state index in [9.17, 15) is 19.1 Å². The molecule has 0 spiro atoms. The summed E-state index contributed by atoms with van der Waals surface area (Å²) in [4.78, 5) is 33.3. The third kappa shape index (κ3) is 5.21. The van der Waals surface area contributed by atoms with Gasteiger partial charge in [0, 0.05) is 37.1 Å².